The Morgan fingerprint density at radius 2 is 1.79 bits per heavy atom. The molecule has 2 aromatic heterocycles. The molecule has 0 aliphatic rings. The number of hydrogen-bond donors (Lipinski definition) is 1. The molecule has 4 rings (SSSR count). The lowest BCUT2D eigenvalue weighted by Crippen LogP contribution is -2.01. The van der Waals surface area contributed by atoms with Gasteiger partial charge in [-0.1, -0.05) is 31.2 Å². The summed E-state index contributed by atoms with van der Waals surface area (Å²) in [5.74, 6) is 0.824. The van der Waals surface area contributed by atoms with Gasteiger partial charge in [-0.3, -0.25) is 0 Å². The van der Waals surface area contributed by atoms with E-state index in [1.807, 2.05) is 31.2 Å². The van der Waals surface area contributed by atoms with Crippen molar-refractivity contribution in [1.29, 1.82) is 0 Å². The van der Waals surface area contributed by atoms with Crippen LogP contribution in [0.1, 0.15) is 12.7 Å². The van der Waals surface area contributed by atoms with Crippen LogP contribution >= 0.6 is 12.4 Å². The molecule has 0 radical (unpaired) electrons. The van der Waals surface area contributed by atoms with E-state index in [1.165, 1.54) is 6.07 Å². The highest BCUT2D eigenvalue weighted by molar-refractivity contribution is 6.06. The topological polar surface area (TPSA) is 51.0 Å². The minimum absolute atomic E-state index is 0. The molecule has 0 saturated carbocycles. The maximum atomic E-state index is 13.9. The number of anilines is 2. The van der Waals surface area contributed by atoms with Crippen LogP contribution in [-0.4, -0.2) is 9.97 Å². The van der Waals surface area contributed by atoms with Crippen LogP contribution in [0.2, 0.25) is 0 Å². The van der Waals surface area contributed by atoms with Crippen molar-refractivity contribution in [2.45, 2.75) is 13.3 Å². The van der Waals surface area contributed by atoms with Crippen molar-refractivity contribution in [3.8, 4) is 0 Å². The number of aryl methyl sites for hydroxylation is 1. The van der Waals surface area contributed by atoms with E-state index in [0.717, 1.165) is 16.5 Å². The van der Waals surface area contributed by atoms with E-state index >= 15 is 0 Å². The molecule has 2 heterocycles. The summed E-state index contributed by atoms with van der Waals surface area (Å²) in [7, 11) is 0. The van der Waals surface area contributed by atoms with Crippen molar-refractivity contribution in [3.05, 3.63) is 60.2 Å². The van der Waals surface area contributed by atoms with Crippen molar-refractivity contribution in [2.24, 2.45) is 0 Å². The van der Waals surface area contributed by atoms with Gasteiger partial charge in [0.1, 0.15) is 22.7 Å². The Labute approximate surface area is 144 Å². The van der Waals surface area contributed by atoms with Gasteiger partial charge in [0.2, 0.25) is 0 Å². The van der Waals surface area contributed by atoms with Gasteiger partial charge in [-0.25, -0.2) is 14.4 Å². The van der Waals surface area contributed by atoms with Gasteiger partial charge in [0.15, 0.2) is 11.4 Å². The first-order valence-electron chi connectivity index (χ1n) is 7.46. The zero-order valence-corrected chi connectivity index (χ0v) is 13.7. The lowest BCUT2D eigenvalue weighted by Gasteiger charge is -2.08. The minimum atomic E-state index is -0.339. The number of aromatic nitrogens is 2. The van der Waals surface area contributed by atoms with Crippen molar-refractivity contribution in [2.75, 3.05) is 5.32 Å². The predicted molar refractivity (Wildman–Crippen MR) is 95.6 cm³/mol. The number of rotatable bonds is 3. The van der Waals surface area contributed by atoms with Crippen molar-refractivity contribution in [1.82, 2.24) is 9.97 Å². The second kappa shape index (κ2) is 6.45. The molecule has 0 atom stereocenters. The summed E-state index contributed by atoms with van der Waals surface area (Å²) in [4.78, 5) is 9.04. The molecular weight excluding hydrogens is 329 g/mol. The average Bonchev–Trinajstić information content (AvgIpc) is 2.96. The van der Waals surface area contributed by atoms with Gasteiger partial charge < -0.3 is 9.73 Å². The quantitative estimate of drug-likeness (QED) is 0.552. The third-order valence-electron chi connectivity index (χ3n) is 3.71. The maximum Gasteiger partial charge on any atom is 0.196 e. The summed E-state index contributed by atoms with van der Waals surface area (Å²) in [6.07, 6.45) is 0.682. The van der Waals surface area contributed by atoms with E-state index < -0.39 is 0 Å². The second-order valence-electron chi connectivity index (χ2n) is 5.22. The molecule has 4 aromatic rings. The highest BCUT2D eigenvalue weighted by atomic mass is 35.5. The Bertz CT molecular complexity index is 1020. The Morgan fingerprint density at radius 3 is 2.58 bits per heavy atom. The Morgan fingerprint density at radius 1 is 1.04 bits per heavy atom. The summed E-state index contributed by atoms with van der Waals surface area (Å²) < 4.78 is 19.8. The zero-order chi connectivity index (χ0) is 15.8. The molecule has 0 saturated heterocycles. The summed E-state index contributed by atoms with van der Waals surface area (Å²) in [6, 6.07) is 14.2. The number of para-hydroxylation sites is 2. The second-order valence-corrected chi connectivity index (χ2v) is 5.22. The van der Waals surface area contributed by atoms with Crippen LogP contribution in [0.3, 0.4) is 0 Å². The summed E-state index contributed by atoms with van der Waals surface area (Å²) >= 11 is 0. The van der Waals surface area contributed by atoms with Crippen LogP contribution in [-0.2, 0) is 6.42 Å². The van der Waals surface area contributed by atoms with Gasteiger partial charge in [0.05, 0.1) is 5.69 Å². The first kappa shape index (κ1) is 16.2. The molecule has 122 valence electrons. The van der Waals surface area contributed by atoms with Crippen LogP contribution in [0.15, 0.2) is 52.9 Å². The van der Waals surface area contributed by atoms with Gasteiger partial charge in [0.25, 0.3) is 0 Å². The van der Waals surface area contributed by atoms with E-state index in [0.29, 0.717) is 29.3 Å². The van der Waals surface area contributed by atoms with Gasteiger partial charge in [-0.2, -0.15) is 0 Å². The number of furan rings is 1. The molecule has 0 spiro atoms. The largest absolute Gasteiger partial charge is 0.450 e. The van der Waals surface area contributed by atoms with Crippen LogP contribution < -0.4 is 5.32 Å². The number of fused-ring (bicyclic) bond motifs is 3. The molecule has 0 amide bonds. The van der Waals surface area contributed by atoms with E-state index in [1.54, 1.807) is 18.2 Å². The molecule has 0 aliphatic carbocycles. The van der Waals surface area contributed by atoms with Gasteiger partial charge >= 0.3 is 0 Å². The zero-order valence-electron chi connectivity index (χ0n) is 12.9. The Hall–Kier alpha value is -2.66. The third kappa shape index (κ3) is 2.67. The molecule has 0 aliphatic heterocycles. The van der Waals surface area contributed by atoms with Gasteiger partial charge in [0, 0.05) is 11.8 Å². The standard InChI is InChI=1S/C18H14FN3O.ClH/c1-2-15-21-16-11-7-3-6-10-14(11)23-17(16)18(22-15)20-13-9-5-4-8-12(13)19;/h3-10H,2H2,1H3,(H,20,21,22);1H. The molecule has 0 fully saturated rings. The first-order chi connectivity index (χ1) is 11.3. The minimum Gasteiger partial charge on any atom is -0.450 e. The monoisotopic (exact) mass is 343 g/mol. The highest BCUT2D eigenvalue weighted by Gasteiger charge is 2.16. The molecule has 4 nitrogen and oxygen atoms in total. The summed E-state index contributed by atoms with van der Waals surface area (Å²) in [5, 5.41) is 3.96. The van der Waals surface area contributed by atoms with Crippen molar-refractivity contribution < 1.29 is 8.81 Å². The van der Waals surface area contributed by atoms with Crippen LogP contribution in [0.25, 0.3) is 22.1 Å². The molecule has 6 heteroatoms. The smallest absolute Gasteiger partial charge is 0.196 e. The molecule has 0 unspecified atom stereocenters. The SMILES string of the molecule is CCc1nc(Nc2ccccc2F)c2oc3ccccc3c2n1.Cl. The van der Waals surface area contributed by atoms with Gasteiger partial charge in [-0.05, 0) is 24.3 Å². The van der Waals surface area contributed by atoms with Crippen molar-refractivity contribution in [3.63, 3.8) is 0 Å². The number of nitrogens with zero attached hydrogens (tertiary/aromatic N) is 2. The maximum absolute atomic E-state index is 13.9. The fraction of sp³-hybridized carbons (Fsp3) is 0.111. The number of halogens is 2. The molecule has 1 N–H and O–H groups in total. The van der Waals surface area contributed by atoms with E-state index in [-0.39, 0.29) is 18.2 Å². The van der Waals surface area contributed by atoms with Crippen LogP contribution in [0.5, 0.6) is 0 Å². The summed E-state index contributed by atoms with van der Waals surface area (Å²) in [5.41, 5.74) is 2.37. The first-order valence-corrected chi connectivity index (χ1v) is 7.46. The fourth-order valence-corrected chi connectivity index (χ4v) is 2.57. The number of benzene rings is 2. The molecule has 24 heavy (non-hydrogen) atoms. The lowest BCUT2D eigenvalue weighted by molar-refractivity contribution is 0.631. The number of hydrogen-bond acceptors (Lipinski definition) is 4. The normalized spacial score (nSPS) is 10.8. The Balaban J connectivity index is 0.00000169. The van der Waals surface area contributed by atoms with Crippen LogP contribution in [0.4, 0.5) is 15.9 Å². The Kier molecular flexibility index (Phi) is 4.36. The molecule has 2 aromatic carbocycles. The highest BCUT2D eigenvalue weighted by Crippen LogP contribution is 2.32. The van der Waals surface area contributed by atoms with Crippen LogP contribution in [0, 0.1) is 5.82 Å². The molecule has 0 bridgehead atoms. The third-order valence-corrected chi connectivity index (χ3v) is 3.71. The average molecular weight is 344 g/mol. The van der Waals surface area contributed by atoms with E-state index in [4.69, 9.17) is 4.42 Å². The fourth-order valence-electron chi connectivity index (χ4n) is 2.57. The van der Waals surface area contributed by atoms with E-state index in [9.17, 15) is 4.39 Å². The van der Waals surface area contributed by atoms with E-state index in [2.05, 4.69) is 15.3 Å². The van der Waals surface area contributed by atoms with Gasteiger partial charge in [-0.15, -0.1) is 12.4 Å². The lowest BCUT2D eigenvalue weighted by atomic mass is 10.2. The molecular formula is C18H15ClFN3O. The predicted octanol–water partition coefficient (Wildman–Crippen LogP) is 5.24. The summed E-state index contributed by atoms with van der Waals surface area (Å²) in [6.45, 7) is 1.98. The van der Waals surface area contributed by atoms with Crippen molar-refractivity contribution >= 4 is 46.0 Å². The number of nitrogens with one attached hydrogen (secondary N) is 1.